The summed E-state index contributed by atoms with van der Waals surface area (Å²) in [5, 5.41) is 11.1. The Balaban J connectivity index is 2.76. The Hall–Kier alpha value is -1.56. The largest absolute Gasteiger partial charge is 0.396 e. The van der Waals surface area contributed by atoms with Crippen LogP contribution < -0.4 is 5.32 Å². The molecule has 0 aromatic heterocycles. The molecule has 1 atom stereocenters. The summed E-state index contributed by atoms with van der Waals surface area (Å²) in [7, 11) is 0. The van der Waals surface area contributed by atoms with Crippen LogP contribution in [0.3, 0.4) is 0 Å². The summed E-state index contributed by atoms with van der Waals surface area (Å²) in [4.78, 5) is 11.4. The number of hydrogen-bond donors (Lipinski definition) is 2. The molecule has 0 aliphatic heterocycles. The maximum Gasteiger partial charge on any atom is 0.251 e. The molecule has 1 amide bonds. The molecule has 0 bridgehead atoms. The summed E-state index contributed by atoms with van der Waals surface area (Å²) in [5.41, 5.74) is -0.300. The lowest BCUT2D eigenvalue weighted by molar-refractivity contribution is 0.0941. The van der Waals surface area contributed by atoms with Gasteiger partial charge in [0.15, 0.2) is 17.5 Å². The van der Waals surface area contributed by atoms with E-state index in [-0.39, 0.29) is 24.6 Å². The first kappa shape index (κ1) is 13.5. The molecule has 1 unspecified atom stereocenters. The van der Waals surface area contributed by atoms with Gasteiger partial charge in [0, 0.05) is 18.7 Å². The van der Waals surface area contributed by atoms with Crippen molar-refractivity contribution in [3.05, 3.63) is 35.1 Å². The van der Waals surface area contributed by atoms with Crippen molar-refractivity contribution in [3.8, 4) is 0 Å². The number of hydrogen-bond acceptors (Lipinski definition) is 2. The van der Waals surface area contributed by atoms with Crippen LogP contribution in [0.25, 0.3) is 0 Å². The number of nitrogens with one attached hydrogen (secondary N) is 1. The van der Waals surface area contributed by atoms with Gasteiger partial charge in [-0.15, -0.1) is 0 Å². The van der Waals surface area contributed by atoms with E-state index in [9.17, 15) is 18.0 Å². The first-order chi connectivity index (χ1) is 7.95. The first-order valence-corrected chi connectivity index (χ1v) is 4.99. The minimum atomic E-state index is -1.61. The quantitative estimate of drug-likeness (QED) is 0.791. The van der Waals surface area contributed by atoms with E-state index < -0.39 is 23.4 Å². The molecule has 1 aromatic rings. The summed E-state index contributed by atoms with van der Waals surface area (Å²) in [5.74, 6) is -5.32. The van der Waals surface area contributed by atoms with Crippen molar-refractivity contribution in [1.29, 1.82) is 0 Å². The van der Waals surface area contributed by atoms with E-state index in [1.807, 2.05) is 0 Å². The zero-order valence-electron chi connectivity index (χ0n) is 9.14. The average molecular weight is 247 g/mol. The highest BCUT2D eigenvalue weighted by atomic mass is 19.2. The molecule has 0 radical (unpaired) electrons. The second-order valence-corrected chi connectivity index (χ2v) is 3.75. The van der Waals surface area contributed by atoms with Gasteiger partial charge in [-0.2, -0.15) is 0 Å². The fourth-order valence-corrected chi connectivity index (χ4v) is 1.12. The second kappa shape index (κ2) is 5.67. The van der Waals surface area contributed by atoms with Gasteiger partial charge in [0.25, 0.3) is 5.91 Å². The summed E-state index contributed by atoms with van der Waals surface area (Å²) < 4.78 is 38.3. The number of benzene rings is 1. The van der Waals surface area contributed by atoms with Gasteiger partial charge in [0.2, 0.25) is 0 Å². The molecular formula is C11H12F3NO2. The molecular weight excluding hydrogens is 235 g/mol. The van der Waals surface area contributed by atoms with E-state index in [1.165, 1.54) is 0 Å². The monoisotopic (exact) mass is 247 g/mol. The molecule has 0 spiro atoms. The molecule has 0 saturated heterocycles. The number of carbonyl (C=O) groups is 1. The third-order valence-corrected chi connectivity index (χ3v) is 2.17. The number of carbonyl (C=O) groups excluding carboxylic acids is 1. The fraction of sp³-hybridized carbons (Fsp3) is 0.364. The van der Waals surface area contributed by atoms with Crippen LogP contribution in [0, 0.1) is 23.4 Å². The maximum atomic E-state index is 12.8. The lowest BCUT2D eigenvalue weighted by Gasteiger charge is -2.09. The highest BCUT2D eigenvalue weighted by Crippen LogP contribution is 2.13. The lowest BCUT2D eigenvalue weighted by Crippen LogP contribution is -2.29. The molecule has 1 aromatic carbocycles. The molecule has 17 heavy (non-hydrogen) atoms. The van der Waals surface area contributed by atoms with E-state index in [0.29, 0.717) is 12.1 Å². The highest BCUT2D eigenvalue weighted by Gasteiger charge is 2.15. The zero-order chi connectivity index (χ0) is 13.0. The summed E-state index contributed by atoms with van der Waals surface area (Å²) in [6, 6.07) is 1.24. The van der Waals surface area contributed by atoms with Crippen LogP contribution in [0.1, 0.15) is 17.3 Å². The van der Waals surface area contributed by atoms with E-state index >= 15 is 0 Å². The van der Waals surface area contributed by atoms with Crippen molar-refractivity contribution < 1.29 is 23.1 Å². The Morgan fingerprint density at radius 2 is 1.88 bits per heavy atom. The third-order valence-electron chi connectivity index (χ3n) is 2.17. The Labute approximate surface area is 96.3 Å². The number of rotatable bonds is 4. The number of halogens is 3. The van der Waals surface area contributed by atoms with Gasteiger partial charge < -0.3 is 10.4 Å². The van der Waals surface area contributed by atoms with Crippen LogP contribution in [0.4, 0.5) is 13.2 Å². The minimum Gasteiger partial charge on any atom is -0.396 e. The van der Waals surface area contributed by atoms with E-state index in [2.05, 4.69) is 5.32 Å². The van der Waals surface area contributed by atoms with Crippen molar-refractivity contribution >= 4 is 5.91 Å². The first-order valence-electron chi connectivity index (χ1n) is 4.99. The predicted molar refractivity (Wildman–Crippen MR) is 54.9 cm³/mol. The van der Waals surface area contributed by atoms with Gasteiger partial charge >= 0.3 is 0 Å². The SMILES string of the molecule is CC(CO)CNC(=O)c1cc(F)c(F)c(F)c1. The minimum absolute atomic E-state index is 0.119. The smallest absolute Gasteiger partial charge is 0.251 e. The molecule has 0 fully saturated rings. The number of aliphatic hydroxyl groups excluding tert-OH is 1. The van der Waals surface area contributed by atoms with E-state index in [1.54, 1.807) is 6.92 Å². The number of amides is 1. The summed E-state index contributed by atoms with van der Waals surface area (Å²) >= 11 is 0. The standard InChI is InChI=1S/C11H12F3NO2/c1-6(5-16)4-15-11(17)7-2-8(12)10(14)9(13)3-7/h2-3,6,16H,4-5H2,1H3,(H,15,17). The molecule has 6 heteroatoms. The molecule has 94 valence electrons. The third kappa shape index (κ3) is 3.45. The number of aliphatic hydroxyl groups is 1. The zero-order valence-corrected chi connectivity index (χ0v) is 9.14. The lowest BCUT2D eigenvalue weighted by atomic mass is 10.1. The van der Waals surface area contributed by atoms with Gasteiger partial charge in [-0.25, -0.2) is 13.2 Å². The van der Waals surface area contributed by atoms with Crippen LogP contribution in [-0.2, 0) is 0 Å². The van der Waals surface area contributed by atoms with E-state index in [0.717, 1.165) is 0 Å². The molecule has 3 nitrogen and oxygen atoms in total. The highest BCUT2D eigenvalue weighted by molar-refractivity contribution is 5.94. The van der Waals surface area contributed by atoms with Gasteiger partial charge in [-0.1, -0.05) is 6.92 Å². The van der Waals surface area contributed by atoms with Crippen LogP contribution >= 0.6 is 0 Å². The Kier molecular flexibility index (Phi) is 4.51. The Bertz CT molecular complexity index is 400. The second-order valence-electron chi connectivity index (χ2n) is 3.75. The van der Waals surface area contributed by atoms with Crippen LogP contribution in [0.5, 0.6) is 0 Å². The summed E-state index contributed by atoms with van der Waals surface area (Å²) in [6.07, 6.45) is 0. The van der Waals surface area contributed by atoms with E-state index in [4.69, 9.17) is 5.11 Å². The fourth-order valence-electron chi connectivity index (χ4n) is 1.12. The van der Waals surface area contributed by atoms with Gasteiger partial charge in [-0.3, -0.25) is 4.79 Å². The van der Waals surface area contributed by atoms with Crippen LogP contribution in [0.2, 0.25) is 0 Å². The van der Waals surface area contributed by atoms with Crippen LogP contribution in [0.15, 0.2) is 12.1 Å². The molecule has 0 aliphatic rings. The Morgan fingerprint density at radius 3 is 2.35 bits per heavy atom. The topological polar surface area (TPSA) is 49.3 Å². The Morgan fingerprint density at radius 1 is 1.35 bits per heavy atom. The molecule has 1 rings (SSSR count). The normalized spacial score (nSPS) is 12.3. The molecule has 0 heterocycles. The van der Waals surface area contributed by atoms with Gasteiger partial charge in [0.1, 0.15) is 0 Å². The average Bonchev–Trinajstić information content (AvgIpc) is 2.31. The molecule has 0 aliphatic carbocycles. The molecule has 0 saturated carbocycles. The summed E-state index contributed by atoms with van der Waals surface area (Å²) in [6.45, 7) is 1.73. The van der Waals surface area contributed by atoms with Gasteiger partial charge in [-0.05, 0) is 18.1 Å². The predicted octanol–water partition coefficient (Wildman–Crippen LogP) is 1.46. The van der Waals surface area contributed by atoms with Crippen molar-refractivity contribution in [2.75, 3.05) is 13.2 Å². The van der Waals surface area contributed by atoms with Crippen molar-refractivity contribution in [2.24, 2.45) is 5.92 Å². The van der Waals surface area contributed by atoms with Crippen molar-refractivity contribution in [3.63, 3.8) is 0 Å². The maximum absolute atomic E-state index is 12.8. The van der Waals surface area contributed by atoms with Gasteiger partial charge in [0.05, 0.1) is 0 Å². The van der Waals surface area contributed by atoms with Crippen molar-refractivity contribution in [1.82, 2.24) is 5.32 Å². The van der Waals surface area contributed by atoms with Crippen molar-refractivity contribution in [2.45, 2.75) is 6.92 Å². The molecule has 2 N–H and O–H groups in total. The van der Waals surface area contributed by atoms with Crippen LogP contribution in [-0.4, -0.2) is 24.2 Å².